The zero-order valence-electron chi connectivity index (χ0n) is 23.1. The Hall–Kier alpha value is -3.20. The predicted octanol–water partition coefficient (Wildman–Crippen LogP) is 3.00. The number of carbonyl (C=O) groups excluding carboxylic acids is 2. The largest absolute Gasteiger partial charge is 0.378 e. The van der Waals surface area contributed by atoms with Crippen molar-refractivity contribution in [2.24, 2.45) is 0 Å². The zero-order chi connectivity index (χ0) is 27.0. The summed E-state index contributed by atoms with van der Waals surface area (Å²) in [5.74, 6) is 0.195. The molecule has 2 aliphatic rings. The molecule has 2 fully saturated rings. The minimum absolute atomic E-state index is 0.0291. The maximum atomic E-state index is 13.2. The number of amides is 2. The standard InChI is InChI=1S/C31H41N5O3/c1-2-26-10-6-11-27-28(31(38)32-22-25-8-4-3-5-9-25)23-36(30(26)27)13-7-12-33-14-16-34(17-15-33)24-29(37)35-18-20-39-21-19-35/h3-6,8-11,23H,2,7,12-22,24H2,1H3,(H,32,38). The Bertz CT molecular complexity index is 1240. The van der Waals surface area contributed by atoms with Crippen LogP contribution in [0, 0.1) is 0 Å². The summed E-state index contributed by atoms with van der Waals surface area (Å²) in [6, 6.07) is 16.3. The first-order chi connectivity index (χ1) is 19.1. The highest BCUT2D eigenvalue weighted by Gasteiger charge is 2.23. The number of nitrogens with zero attached hydrogens (tertiary/aromatic N) is 4. The SMILES string of the molecule is CCc1cccc2c(C(=O)NCc3ccccc3)cn(CCCN3CCN(CC(=O)N4CCOCC4)CC3)c12. The summed E-state index contributed by atoms with van der Waals surface area (Å²) in [7, 11) is 0. The number of morpholine rings is 1. The van der Waals surface area contributed by atoms with Crippen LogP contribution >= 0.6 is 0 Å². The van der Waals surface area contributed by atoms with Gasteiger partial charge in [-0.2, -0.15) is 0 Å². The monoisotopic (exact) mass is 531 g/mol. The lowest BCUT2D eigenvalue weighted by Crippen LogP contribution is -2.51. The molecule has 2 amide bonds. The Balaban J connectivity index is 1.15. The van der Waals surface area contributed by atoms with E-state index in [0.717, 1.165) is 68.6 Å². The van der Waals surface area contributed by atoms with Crippen molar-refractivity contribution in [3.63, 3.8) is 0 Å². The van der Waals surface area contributed by atoms with Crippen LogP contribution in [0.1, 0.15) is 34.8 Å². The van der Waals surface area contributed by atoms with E-state index in [9.17, 15) is 9.59 Å². The van der Waals surface area contributed by atoms with Crippen molar-refractivity contribution in [2.75, 3.05) is 65.6 Å². The van der Waals surface area contributed by atoms with Crippen molar-refractivity contribution in [2.45, 2.75) is 32.9 Å². The van der Waals surface area contributed by atoms with Crippen LogP contribution in [-0.4, -0.2) is 96.7 Å². The van der Waals surface area contributed by atoms with Crippen LogP contribution in [0.5, 0.6) is 0 Å². The van der Waals surface area contributed by atoms with Crippen LogP contribution in [0.25, 0.3) is 10.9 Å². The normalized spacial score (nSPS) is 17.0. The average molecular weight is 532 g/mol. The van der Waals surface area contributed by atoms with Crippen molar-refractivity contribution in [1.82, 2.24) is 24.6 Å². The van der Waals surface area contributed by atoms with Crippen LogP contribution in [-0.2, 0) is 29.0 Å². The van der Waals surface area contributed by atoms with Gasteiger partial charge in [-0.15, -0.1) is 0 Å². The van der Waals surface area contributed by atoms with E-state index in [-0.39, 0.29) is 11.8 Å². The Morgan fingerprint density at radius 1 is 0.872 bits per heavy atom. The number of fused-ring (bicyclic) bond motifs is 1. The number of hydrogen-bond acceptors (Lipinski definition) is 5. The number of hydrogen-bond donors (Lipinski definition) is 1. The summed E-state index contributed by atoms with van der Waals surface area (Å²) in [6.07, 6.45) is 3.98. The molecule has 2 aromatic carbocycles. The summed E-state index contributed by atoms with van der Waals surface area (Å²) in [4.78, 5) is 32.5. The Labute approximate surface area is 231 Å². The topological polar surface area (TPSA) is 70.1 Å². The molecule has 0 saturated carbocycles. The number of aromatic nitrogens is 1. The van der Waals surface area contributed by atoms with Gasteiger partial charge in [0.1, 0.15) is 0 Å². The molecule has 3 aromatic rings. The molecule has 0 bridgehead atoms. The van der Waals surface area contributed by atoms with Crippen LogP contribution in [0.4, 0.5) is 0 Å². The van der Waals surface area contributed by atoms with Crippen molar-refractivity contribution in [1.29, 1.82) is 0 Å². The van der Waals surface area contributed by atoms with Crippen molar-refractivity contribution in [3.8, 4) is 0 Å². The molecule has 39 heavy (non-hydrogen) atoms. The van der Waals surface area contributed by atoms with E-state index in [2.05, 4.69) is 44.8 Å². The zero-order valence-corrected chi connectivity index (χ0v) is 23.1. The van der Waals surface area contributed by atoms with E-state index in [0.29, 0.717) is 39.4 Å². The molecule has 2 saturated heterocycles. The molecule has 2 aliphatic heterocycles. The predicted molar refractivity (Wildman–Crippen MR) is 154 cm³/mol. The number of piperazine rings is 1. The molecular formula is C31H41N5O3. The Morgan fingerprint density at radius 2 is 1.62 bits per heavy atom. The number of aryl methyl sites for hydroxylation is 2. The summed E-state index contributed by atoms with van der Waals surface area (Å²) >= 11 is 0. The van der Waals surface area contributed by atoms with Crippen molar-refractivity contribution in [3.05, 3.63) is 71.4 Å². The van der Waals surface area contributed by atoms with E-state index in [1.54, 1.807) is 0 Å². The van der Waals surface area contributed by atoms with Crippen LogP contribution < -0.4 is 5.32 Å². The quantitative estimate of drug-likeness (QED) is 0.436. The number of ether oxygens (including phenoxy) is 1. The van der Waals surface area contributed by atoms with Gasteiger partial charge in [-0.1, -0.05) is 55.5 Å². The van der Waals surface area contributed by atoms with Crippen LogP contribution in [0.15, 0.2) is 54.7 Å². The summed E-state index contributed by atoms with van der Waals surface area (Å²) in [6.45, 7) is 11.6. The second kappa shape index (κ2) is 13.2. The molecule has 0 aliphatic carbocycles. The fraction of sp³-hybridized carbons (Fsp3) is 0.484. The summed E-state index contributed by atoms with van der Waals surface area (Å²) < 4.78 is 7.65. The van der Waals surface area contributed by atoms with E-state index in [1.165, 1.54) is 11.1 Å². The fourth-order valence-corrected chi connectivity index (χ4v) is 5.69. The van der Waals surface area contributed by atoms with E-state index in [4.69, 9.17) is 4.74 Å². The molecule has 1 aromatic heterocycles. The third kappa shape index (κ3) is 6.87. The molecule has 8 nitrogen and oxygen atoms in total. The number of para-hydroxylation sites is 1. The highest BCUT2D eigenvalue weighted by Crippen LogP contribution is 2.26. The Morgan fingerprint density at radius 3 is 2.36 bits per heavy atom. The van der Waals surface area contributed by atoms with Gasteiger partial charge < -0.3 is 24.4 Å². The molecule has 8 heteroatoms. The minimum Gasteiger partial charge on any atom is -0.378 e. The van der Waals surface area contributed by atoms with E-state index < -0.39 is 0 Å². The Kier molecular flexibility index (Phi) is 9.29. The third-order valence-corrected chi connectivity index (χ3v) is 7.96. The average Bonchev–Trinajstić information content (AvgIpc) is 3.36. The van der Waals surface area contributed by atoms with Gasteiger partial charge in [0.05, 0.1) is 30.8 Å². The lowest BCUT2D eigenvalue weighted by atomic mass is 10.1. The van der Waals surface area contributed by atoms with Gasteiger partial charge >= 0.3 is 0 Å². The molecule has 3 heterocycles. The molecular weight excluding hydrogens is 490 g/mol. The lowest BCUT2D eigenvalue weighted by molar-refractivity contribution is -0.136. The minimum atomic E-state index is -0.0291. The van der Waals surface area contributed by atoms with Gasteiger partial charge in [-0.3, -0.25) is 14.5 Å². The third-order valence-electron chi connectivity index (χ3n) is 7.96. The molecule has 0 spiro atoms. The number of rotatable bonds is 10. The van der Waals surface area contributed by atoms with Gasteiger partial charge in [-0.05, 0) is 30.5 Å². The molecule has 0 radical (unpaired) electrons. The van der Waals surface area contributed by atoms with E-state index in [1.807, 2.05) is 41.4 Å². The first-order valence-electron chi connectivity index (χ1n) is 14.4. The van der Waals surface area contributed by atoms with Crippen LogP contribution in [0.2, 0.25) is 0 Å². The van der Waals surface area contributed by atoms with E-state index >= 15 is 0 Å². The molecule has 0 unspecified atom stereocenters. The first kappa shape index (κ1) is 27.4. The molecule has 0 atom stereocenters. The highest BCUT2D eigenvalue weighted by molar-refractivity contribution is 6.07. The number of carbonyl (C=O) groups is 2. The summed E-state index contributed by atoms with van der Waals surface area (Å²) in [5, 5.41) is 4.13. The fourth-order valence-electron chi connectivity index (χ4n) is 5.69. The second-order valence-electron chi connectivity index (χ2n) is 10.5. The van der Waals surface area contributed by atoms with Gasteiger partial charge in [0.2, 0.25) is 5.91 Å². The lowest BCUT2D eigenvalue weighted by Gasteiger charge is -2.36. The van der Waals surface area contributed by atoms with Gasteiger partial charge in [-0.25, -0.2) is 0 Å². The highest BCUT2D eigenvalue weighted by atomic mass is 16.5. The number of benzene rings is 2. The smallest absolute Gasteiger partial charge is 0.253 e. The van der Waals surface area contributed by atoms with Crippen molar-refractivity contribution < 1.29 is 14.3 Å². The maximum absolute atomic E-state index is 13.2. The number of nitrogens with one attached hydrogen (secondary N) is 1. The second-order valence-corrected chi connectivity index (χ2v) is 10.5. The van der Waals surface area contributed by atoms with Gasteiger partial charge in [0.25, 0.3) is 5.91 Å². The first-order valence-corrected chi connectivity index (χ1v) is 14.4. The molecule has 208 valence electrons. The molecule has 5 rings (SSSR count). The van der Waals surface area contributed by atoms with Crippen LogP contribution in [0.3, 0.4) is 0 Å². The maximum Gasteiger partial charge on any atom is 0.253 e. The van der Waals surface area contributed by atoms with Crippen molar-refractivity contribution >= 4 is 22.7 Å². The van der Waals surface area contributed by atoms with Gasteiger partial charge in [0, 0.05) is 63.9 Å². The van der Waals surface area contributed by atoms with Gasteiger partial charge in [0.15, 0.2) is 0 Å². The molecule has 1 N–H and O–H groups in total. The summed E-state index contributed by atoms with van der Waals surface area (Å²) in [5.41, 5.74) is 4.29.